The number of fused-ring (bicyclic) bond motifs is 1. The summed E-state index contributed by atoms with van der Waals surface area (Å²) >= 11 is 6.01. The van der Waals surface area contributed by atoms with Crippen LogP contribution in [0.4, 0.5) is 10.1 Å². The molecule has 0 aliphatic heterocycles. The second-order valence-electron chi connectivity index (χ2n) is 4.38. The summed E-state index contributed by atoms with van der Waals surface area (Å²) in [5.74, 6) is -0.117. The molecule has 2 aromatic rings. The summed E-state index contributed by atoms with van der Waals surface area (Å²) in [7, 11) is 0. The summed E-state index contributed by atoms with van der Waals surface area (Å²) in [6.45, 7) is 0. The first-order valence-electron chi connectivity index (χ1n) is 5.90. The number of pyridine rings is 1. The zero-order chi connectivity index (χ0) is 12.5. The molecule has 1 aromatic heterocycles. The lowest BCUT2D eigenvalue weighted by molar-refractivity contribution is 0.612. The lowest BCUT2D eigenvalue weighted by Crippen LogP contribution is -2.07. The van der Waals surface area contributed by atoms with E-state index in [2.05, 4.69) is 10.3 Å². The Labute approximate surface area is 110 Å². The van der Waals surface area contributed by atoms with Gasteiger partial charge in [0.2, 0.25) is 0 Å². The van der Waals surface area contributed by atoms with Gasteiger partial charge in [0.05, 0.1) is 11.7 Å². The van der Waals surface area contributed by atoms with E-state index in [0.717, 1.165) is 29.7 Å². The van der Waals surface area contributed by atoms with Gasteiger partial charge >= 0.3 is 0 Å². The van der Waals surface area contributed by atoms with E-state index in [9.17, 15) is 4.39 Å². The van der Waals surface area contributed by atoms with Crippen molar-refractivity contribution in [3.63, 3.8) is 0 Å². The molecule has 1 aliphatic carbocycles. The largest absolute Gasteiger partial charge is 0.376 e. The smallest absolute Gasteiger partial charge is 0.152 e. The average Bonchev–Trinajstić information content (AvgIpc) is 2.77. The molecule has 0 bridgehead atoms. The molecule has 1 unspecified atom stereocenters. The molecule has 4 heteroatoms. The molecule has 1 heterocycles. The van der Waals surface area contributed by atoms with Crippen molar-refractivity contribution in [1.82, 2.24) is 4.98 Å². The van der Waals surface area contributed by atoms with Crippen molar-refractivity contribution in [3.8, 4) is 0 Å². The second-order valence-corrected chi connectivity index (χ2v) is 4.74. The number of anilines is 1. The first kappa shape index (κ1) is 11.5. The minimum Gasteiger partial charge on any atom is -0.376 e. The first-order chi connectivity index (χ1) is 8.75. The third kappa shape index (κ3) is 1.95. The summed E-state index contributed by atoms with van der Waals surface area (Å²) in [5, 5.41) is 3.78. The van der Waals surface area contributed by atoms with E-state index < -0.39 is 0 Å². The van der Waals surface area contributed by atoms with Crippen LogP contribution in [0.1, 0.15) is 23.6 Å². The lowest BCUT2D eigenvalue weighted by atomic mass is 10.1. The number of benzene rings is 1. The molecule has 1 atom stereocenters. The molecule has 1 N–H and O–H groups in total. The Hall–Kier alpha value is -1.61. The van der Waals surface area contributed by atoms with Crippen LogP contribution in [0.15, 0.2) is 36.5 Å². The fourth-order valence-electron chi connectivity index (χ4n) is 2.44. The molecule has 2 nitrogen and oxygen atoms in total. The van der Waals surface area contributed by atoms with Gasteiger partial charge in [-0.25, -0.2) is 9.37 Å². The predicted octanol–water partition coefficient (Wildman–Crippen LogP) is 3.97. The summed E-state index contributed by atoms with van der Waals surface area (Å²) < 4.78 is 13.6. The van der Waals surface area contributed by atoms with Gasteiger partial charge in [-0.1, -0.05) is 23.7 Å². The van der Waals surface area contributed by atoms with Crippen LogP contribution in [0.2, 0.25) is 5.15 Å². The highest BCUT2D eigenvalue weighted by Gasteiger charge is 2.25. The molecule has 0 saturated carbocycles. The number of nitrogens with zero attached hydrogens (tertiary/aromatic N) is 1. The molecule has 1 aliphatic rings. The number of aromatic nitrogens is 1. The van der Waals surface area contributed by atoms with Crippen LogP contribution in [0.5, 0.6) is 0 Å². The highest BCUT2D eigenvalue weighted by Crippen LogP contribution is 2.36. The van der Waals surface area contributed by atoms with Crippen LogP contribution in [-0.2, 0) is 6.42 Å². The Bertz CT molecular complexity index is 586. The molecule has 92 valence electrons. The van der Waals surface area contributed by atoms with Gasteiger partial charge < -0.3 is 5.32 Å². The maximum Gasteiger partial charge on any atom is 0.152 e. The maximum absolute atomic E-state index is 13.6. The van der Waals surface area contributed by atoms with E-state index in [4.69, 9.17) is 11.6 Å². The van der Waals surface area contributed by atoms with Gasteiger partial charge in [-0.15, -0.1) is 0 Å². The fraction of sp³-hybridized carbons (Fsp3) is 0.214. The molecule has 0 amide bonds. The Morgan fingerprint density at radius 2 is 2.17 bits per heavy atom. The minimum atomic E-state index is -0.117. The Balaban J connectivity index is 1.90. The monoisotopic (exact) mass is 262 g/mol. The average molecular weight is 263 g/mol. The summed E-state index contributed by atoms with van der Waals surface area (Å²) in [6.07, 6.45) is 3.29. The molecule has 0 radical (unpaired) electrons. The third-order valence-electron chi connectivity index (χ3n) is 3.30. The standard InChI is InChI=1S/C14H12ClFN2/c15-14-13(5-2-8-17-14)18-12-7-6-9-10(12)3-1-4-11(9)16/h1-5,8,12,18H,6-7H2. The van der Waals surface area contributed by atoms with Crippen molar-refractivity contribution < 1.29 is 4.39 Å². The van der Waals surface area contributed by atoms with Gasteiger partial charge in [-0.2, -0.15) is 0 Å². The van der Waals surface area contributed by atoms with Gasteiger partial charge in [-0.05, 0) is 42.2 Å². The highest BCUT2D eigenvalue weighted by molar-refractivity contribution is 6.31. The lowest BCUT2D eigenvalue weighted by Gasteiger charge is -2.16. The number of hydrogen-bond donors (Lipinski definition) is 1. The van der Waals surface area contributed by atoms with E-state index in [1.807, 2.05) is 18.2 Å². The molecule has 0 spiro atoms. The minimum absolute atomic E-state index is 0.109. The number of halogens is 2. The molecule has 0 saturated heterocycles. The van der Waals surface area contributed by atoms with Crippen LogP contribution in [0.3, 0.4) is 0 Å². The summed E-state index contributed by atoms with van der Waals surface area (Å²) in [4.78, 5) is 4.02. The number of rotatable bonds is 2. The van der Waals surface area contributed by atoms with E-state index in [1.165, 1.54) is 6.07 Å². The summed E-state index contributed by atoms with van der Waals surface area (Å²) in [5.41, 5.74) is 2.63. The topological polar surface area (TPSA) is 24.9 Å². The molecule has 0 fully saturated rings. The van der Waals surface area contributed by atoms with Crippen molar-refractivity contribution in [3.05, 3.63) is 58.6 Å². The van der Waals surface area contributed by atoms with Crippen molar-refractivity contribution in [2.24, 2.45) is 0 Å². The van der Waals surface area contributed by atoms with Crippen LogP contribution in [0.25, 0.3) is 0 Å². The molecular weight excluding hydrogens is 251 g/mol. The predicted molar refractivity (Wildman–Crippen MR) is 70.3 cm³/mol. The molecule has 3 rings (SSSR count). The fourth-order valence-corrected chi connectivity index (χ4v) is 2.61. The second kappa shape index (κ2) is 4.58. The van der Waals surface area contributed by atoms with E-state index in [1.54, 1.807) is 12.3 Å². The van der Waals surface area contributed by atoms with Gasteiger partial charge in [0.1, 0.15) is 5.82 Å². The Morgan fingerprint density at radius 3 is 3.00 bits per heavy atom. The third-order valence-corrected chi connectivity index (χ3v) is 3.60. The van der Waals surface area contributed by atoms with E-state index in [0.29, 0.717) is 5.15 Å². The Kier molecular flexibility index (Phi) is 2.92. The zero-order valence-corrected chi connectivity index (χ0v) is 10.4. The van der Waals surface area contributed by atoms with Crippen molar-refractivity contribution in [2.45, 2.75) is 18.9 Å². The quantitative estimate of drug-likeness (QED) is 0.829. The molecular formula is C14H12ClFN2. The SMILES string of the molecule is Fc1cccc2c1CCC2Nc1cccnc1Cl. The van der Waals surface area contributed by atoms with Gasteiger partial charge in [0, 0.05) is 6.20 Å². The zero-order valence-electron chi connectivity index (χ0n) is 9.66. The van der Waals surface area contributed by atoms with E-state index >= 15 is 0 Å². The van der Waals surface area contributed by atoms with Gasteiger partial charge in [-0.3, -0.25) is 0 Å². The van der Waals surface area contributed by atoms with Crippen LogP contribution >= 0.6 is 11.6 Å². The maximum atomic E-state index is 13.6. The molecule has 1 aromatic carbocycles. The van der Waals surface area contributed by atoms with E-state index in [-0.39, 0.29) is 11.9 Å². The normalized spacial score (nSPS) is 17.6. The van der Waals surface area contributed by atoms with Crippen LogP contribution in [0, 0.1) is 5.82 Å². The molecule has 18 heavy (non-hydrogen) atoms. The van der Waals surface area contributed by atoms with Gasteiger partial charge in [0.15, 0.2) is 5.15 Å². The van der Waals surface area contributed by atoms with Crippen LogP contribution < -0.4 is 5.32 Å². The first-order valence-corrected chi connectivity index (χ1v) is 6.28. The van der Waals surface area contributed by atoms with Crippen LogP contribution in [-0.4, -0.2) is 4.98 Å². The number of hydrogen-bond acceptors (Lipinski definition) is 2. The Morgan fingerprint density at radius 1 is 1.28 bits per heavy atom. The number of nitrogens with one attached hydrogen (secondary N) is 1. The van der Waals surface area contributed by atoms with Crippen molar-refractivity contribution in [2.75, 3.05) is 5.32 Å². The van der Waals surface area contributed by atoms with Crippen molar-refractivity contribution in [1.29, 1.82) is 0 Å². The van der Waals surface area contributed by atoms with Gasteiger partial charge in [0.25, 0.3) is 0 Å². The van der Waals surface area contributed by atoms with Crippen molar-refractivity contribution >= 4 is 17.3 Å². The highest BCUT2D eigenvalue weighted by atomic mass is 35.5. The summed E-state index contributed by atoms with van der Waals surface area (Å²) in [6, 6.07) is 9.05.